The molecule has 0 aromatic carbocycles. The first-order valence-electron chi connectivity index (χ1n) is 6.96. The molecule has 6 heteroatoms. The molecule has 0 aromatic heterocycles. The van der Waals surface area contributed by atoms with Crippen LogP contribution < -0.4 is 0 Å². The van der Waals surface area contributed by atoms with Crippen molar-refractivity contribution in [3.63, 3.8) is 0 Å². The number of allylic oxidation sites excluding steroid dienone is 2. The summed E-state index contributed by atoms with van der Waals surface area (Å²) >= 11 is 3.28. The van der Waals surface area contributed by atoms with E-state index in [1.165, 1.54) is 0 Å². The van der Waals surface area contributed by atoms with Crippen molar-refractivity contribution in [3.8, 4) is 0 Å². The minimum Gasteiger partial charge on any atom is -0.330 e. The molecule has 4 atom stereocenters. The van der Waals surface area contributed by atoms with E-state index in [2.05, 4.69) is 15.9 Å². The number of amides is 2. The molecule has 1 saturated carbocycles. The molecule has 0 aromatic rings. The normalized spacial score (nSPS) is 34.0. The number of hydroxylamine groups is 2. The van der Waals surface area contributed by atoms with Gasteiger partial charge < -0.3 is 4.84 Å². The summed E-state index contributed by atoms with van der Waals surface area (Å²) in [6, 6.07) is 0. The van der Waals surface area contributed by atoms with Gasteiger partial charge >= 0.3 is 5.97 Å². The summed E-state index contributed by atoms with van der Waals surface area (Å²) < 4.78 is 0. The second-order valence-electron chi connectivity index (χ2n) is 5.58. The topological polar surface area (TPSA) is 63.7 Å². The summed E-state index contributed by atoms with van der Waals surface area (Å²) in [5, 5.41) is 1.54. The molecule has 2 amide bonds. The van der Waals surface area contributed by atoms with Crippen LogP contribution in [0.5, 0.6) is 0 Å². The zero-order chi connectivity index (χ0) is 14.3. The Bertz CT molecular complexity index is 460. The van der Waals surface area contributed by atoms with E-state index in [0.717, 1.165) is 23.2 Å². The number of hydrogen-bond donors (Lipinski definition) is 0. The van der Waals surface area contributed by atoms with E-state index in [1.807, 2.05) is 12.2 Å². The highest BCUT2D eigenvalue weighted by Crippen LogP contribution is 2.52. The van der Waals surface area contributed by atoms with Gasteiger partial charge in [-0.15, -0.1) is 5.06 Å². The number of rotatable bonds is 5. The second-order valence-corrected chi connectivity index (χ2v) is 6.37. The van der Waals surface area contributed by atoms with Crippen molar-refractivity contribution in [2.24, 2.45) is 23.7 Å². The molecule has 2 bridgehead atoms. The lowest BCUT2D eigenvalue weighted by Crippen LogP contribution is -2.35. The second kappa shape index (κ2) is 5.31. The molecule has 2 aliphatic carbocycles. The van der Waals surface area contributed by atoms with E-state index in [4.69, 9.17) is 4.84 Å². The van der Waals surface area contributed by atoms with E-state index in [9.17, 15) is 14.4 Å². The molecule has 3 aliphatic rings. The molecule has 1 saturated heterocycles. The average molecular weight is 342 g/mol. The van der Waals surface area contributed by atoms with Crippen molar-refractivity contribution < 1.29 is 19.2 Å². The predicted octanol–water partition coefficient (Wildman–Crippen LogP) is 1.82. The average Bonchev–Trinajstić information content (AvgIpc) is 3.09. The van der Waals surface area contributed by atoms with Gasteiger partial charge in [0, 0.05) is 11.8 Å². The quantitative estimate of drug-likeness (QED) is 0.331. The number of carbonyl (C=O) groups excluding carboxylic acids is 3. The van der Waals surface area contributed by atoms with Crippen LogP contribution in [-0.2, 0) is 19.2 Å². The van der Waals surface area contributed by atoms with Crippen molar-refractivity contribution in [1.29, 1.82) is 0 Å². The van der Waals surface area contributed by atoms with Crippen LogP contribution in [0.1, 0.15) is 25.7 Å². The first-order valence-corrected chi connectivity index (χ1v) is 8.08. The van der Waals surface area contributed by atoms with Gasteiger partial charge in [-0.1, -0.05) is 28.1 Å². The fourth-order valence-corrected chi connectivity index (χ4v) is 3.87. The van der Waals surface area contributed by atoms with Crippen LogP contribution in [0.3, 0.4) is 0 Å². The van der Waals surface area contributed by atoms with Gasteiger partial charge in [0.05, 0.1) is 11.8 Å². The van der Waals surface area contributed by atoms with Crippen LogP contribution >= 0.6 is 15.9 Å². The maximum absolute atomic E-state index is 12.2. The number of unbranched alkanes of at least 4 members (excludes halogenated alkanes) is 1. The van der Waals surface area contributed by atoms with Gasteiger partial charge in [-0.3, -0.25) is 9.59 Å². The van der Waals surface area contributed by atoms with Crippen LogP contribution in [0.4, 0.5) is 0 Å². The Labute approximate surface area is 125 Å². The Hall–Kier alpha value is -1.17. The molecule has 1 heterocycles. The minimum absolute atomic E-state index is 0.138. The van der Waals surface area contributed by atoms with Crippen molar-refractivity contribution in [1.82, 2.24) is 5.06 Å². The first-order chi connectivity index (χ1) is 9.63. The summed E-state index contributed by atoms with van der Waals surface area (Å²) in [6.45, 7) is 0. The fourth-order valence-electron chi connectivity index (χ4n) is 3.48. The van der Waals surface area contributed by atoms with Crippen molar-refractivity contribution in [2.75, 3.05) is 5.33 Å². The molecule has 2 fully saturated rings. The van der Waals surface area contributed by atoms with E-state index >= 15 is 0 Å². The number of hydrogen-bond acceptors (Lipinski definition) is 4. The summed E-state index contributed by atoms with van der Waals surface area (Å²) in [5.74, 6) is -1.54. The smallest absolute Gasteiger partial charge is 0.330 e. The summed E-state index contributed by atoms with van der Waals surface area (Å²) in [6.07, 6.45) is 6.66. The highest BCUT2D eigenvalue weighted by Gasteiger charge is 2.60. The van der Waals surface area contributed by atoms with Gasteiger partial charge in [0.25, 0.3) is 11.8 Å². The maximum Gasteiger partial charge on any atom is 0.333 e. The number of halogens is 1. The molecular weight excluding hydrogens is 326 g/mol. The molecule has 4 unspecified atom stereocenters. The molecule has 0 radical (unpaired) electrons. The van der Waals surface area contributed by atoms with Crippen LogP contribution in [0, 0.1) is 23.7 Å². The largest absolute Gasteiger partial charge is 0.333 e. The van der Waals surface area contributed by atoms with Crippen LogP contribution in [-0.4, -0.2) is 28.2 Å². The van der Waals surface area contributed by atoms with E-state index in [1.54, 1.807) is 0 Å². The zero-order valence-corrected chi connectivity index (χ0v) is 12.5. The monoisotopic (exact) mass is 341 g/mol. The Morgan fingerprint density at radius 2 is 1.80 bits per heavy atom. The summed E-state index contributed by atoms with van der Waals surface area (Å²) in [4.78, 5) is 41.1. The zero-order valence-electron chi connectivity index (χ0n) is 11.0. The van der Waals surface area contributed by atoms with Crippen LogP contribution in [0.15, 0.2) is 12.2 Å². The van der Waals surface area contributed by atoms with Gasteiger partial charge in [0.2, 0.25) is 0 Å². The third kappa shape index (κ3) is 2.10. The number of nitrogens with zero attached hydrogens (tertiary/aromatic N) is 1. The van der Waals surface area contributed by atoms with Gasteiger partial charge in [0.15, 0.2) is 0 Å². The fraction of sp³-hybridized carbons (Fsp3) is 0.643. The van der Waals surface area contributed by atoms with Crippen molar-refractivity contribution in [3.05, 3.63) is 12.2 Å². The lowest BCUT2D eigenvalue weighted by Gasteiger charge is -2.15. The first kappa shape index (κ1) is 13.8. The number of imide groups is 1. The number of alkyl halides is 1. The van der Waals surface area contributed by atoms with Crippen molar-refractivity contribution in [2.45, 2.75) is 25.7 Å². The SMILES string of the molecule is O=C(CCCCBr)ON1C(=O)C2C3C=CC(C3)C2C1=O. The molecule has 0 N–H and O–H groups in total. The molecule has 20 heavy (non-hydrogen) atoms. The summed E-state index contributed by atoms with van der Waals surface area (Å²) in [7, 11) is 0. The van der Waals surface area contributed by atoms with Crippen LogP contribution in [0.25, 0.3) is 0 Å². The Morgan fingerprint density at radius 1 is 1.20 bits per heavy atom. The van der Waals surface area contributed by atoms with E-state index in [-0.39, 0.29) is 41.9 Å². The van der Waals surface area contributed by atoms with Gasteiger partial charge in [0.1, 0.15) is 0 Å². The lowest BCUT2D eigenvalue weighted by molar-refractivity contribution is -0.199. The van der Waals surface area contributed by atoms with Crippen LogP contribution in [0.2, 0.25) is 0 Å². The van der Waals surface area contributed by atoms with Gasteiger partial charge in [-0.25, -0.2) is 4.79 Å². The van der Waals surface area contributed by atoms with Gasteiger partial charge in [-0.2, -0.15) is 0 Å². The van der Waals surface area contributed by atoms with Gasteiger partial charge in [-0.05, 0) is 31.1 Å². The molecule has 5 nitrogen and oxygen atoms in total. The molecular formula is C14H16BrNO4. The number of carbonyl (C=O) groups is 3. The Balaban J connectivity index is 1.63. The molecule has 108 valence electrons. The minimum atomic E-state index is -0.507. The molecule has 1 aliphatic heterocycles. The highest BCUT2D eigenvalue weighted by atomic mass is 79.9. The van der Waals surface area contributed by atoms with E-state index < -0.39 is 5.97 Å². The lowest BCUT2D eigenvalue weighted by atomic mass is 9.85. The predicted molar refractivity (Wildman–Crippen MR) is 73.3 cm³/mol. The third-order valence-electron chi connectivity index (χ3n) is 4.39. The maximum atomic E-state index is 12.2. The number of fused-ring (bicyclic) bond motifs is 5. The molecule has 3 rings (SSSR count). The van der Waals surface area contributed by atoms with Crippen molar-refractivity contribution >= 4 is 33.7 Å². The Kier molecular flexibility index (Phi) is 3.67. The third-order valence-corrected chi connectivity index (χ3v) is 4.95. The summed E-state index contributed by atoms with van der Waals surface area (Å²) in [5.41, 5.74) is 0. The highest BCUT2D eigenvalue weighted by molar-refractivity contribution is 9.09. The molecule has 0 spiro atoms. The van der Waals surface area contributed by atoms with E-state index in [0.29, 0.717) is 6.42 Å². The standard InChI is InChI=1S/C14H16BrNO4/c15-6-2-1-3-10(17)20-16-13(18)11-8-4-5-9(7-8)12(11)14(16)19/h4-5,8-9,11-12H,1-3,6-7H2. The Morgan fingerprint density at radius 3 is 2.35 bits per heavy atom.